The lowest BCUT2D eigenvalue weighted by Gasteiger charge is -2.05. The standard InChI is InChI=1S/C10H13N5O/c1-2-16-10-5-8(14-7-15-10)13-6-9-11-3-4-12-9/h3-5,7H,2,6H2,1H3,(H,11,12)(H,13,14,15). The van der Waals surface area contributed by atoms with E-state index in [9.17, 15) is 0 Å². The fraction of sp³-hybridized carbons (Fsp3) is 0.300. The molecule has 0 saturated heterocycles. The molecule has 2 heterocycles. The molecule has 0 aliphatic carbocycles. The predicted molar refractivity (Wildman–Crippen MR) is 59.1 cm³/mol. The smallest absolute Gasteiger partial charge is 0.218 e. The van der Waals surface area contributed by atoms with Crippen molar-refractivity contribution >= 4 is 5.82 Å². The molecule has 2 rings (SSSR count). The average molecular weight is 219 g/mol. The fourth-order valence-electron chi connectivity index (χ4n) is 1.23. The zero-order valence-electron chi connectivity index (χ0n) is 8.97. The first-order valence-electron chi connectivity index (χ1n) is 5.05. The van der Waals surface area contributed by atoms with Crippen LogP contribution in [-0.4, -0.2) is 26.5 Å². The van der Waals surface area contributed by atoms with Gasteiger partial charge in [0.05, 0.1) is 13.2 Å². The average Bonchev–Trinajstić information content (AvgIpc) is 2.80. The van der Waals surface area contributed by atoms with E-state index in [-0.39, 0.29) is 0 Å². The third-order valence-corrected chi connectivity index (χ3v) is 1.93. The molecule has 0 unspecified atom stereocenters. The van der Waals surface area contributed by atoms with E-state index in [0.29, 0.717) is 19.0 Å². The molecule has 0 fully saturated rings. The van der Waals surface area contributed by atoms with Gasteiger partial charge in [-0.15, -0.1) is 0 Å². The number of nitrogens with zero attached hydrogens (tertiary/aromatic N) is 3. The highest BCUT2D eigenvalue weighted by Gasteiger charge is 1.99. The zero-order valence-corrected chi connectivity index (χ0v) is 8.97. The summed E-state index contributed by atoms with van der Waals surface area (Å²) < 4.78 is 5.27. The van der Waals surface area contributed by atoms with Crippen LogP contribution in [-0.2, 0) is 6.54 Å². The molecule has 6 heteroatoms. The summed E-state index contributed by atoms with van der Waals surface area (Å²) in [4.78, 5) is 15.2. The Morgan fingerprint density at radius 2 is 2.31 bits per heavy atom. The number of hydrogen-bond donors (Lipinski definition) is 2. The summed E-state index contributed by atoms with van der Waals surface area (Å²) in [5, 5.41) is 3.12. The number of aromatic nitrogens is 4. The van der Waals surface area contributed by atoms with Crippen molar-refractivity contribution in [2.24, 2.45) is 0 Å². The number of hydrogen-bond acceptors (Lipinski definition) is 5. The van der Waals surface area contributed by atoms with Crippen molar-refractivity contribution in [2.45, 2.75) is 13.5 Å². The van der Waals surface area contributed by atoms with Crippen LogP contribution in [0, 0.1) is 0 Å². The van der Waals surface area contributed by atoms with E-state index in [4.69, 9.17) is 4.74 Å². The van der Waals surface area contributed by atoms with Crippen molar-refractivity contribution in [3.05, 3.63) is 30.6 Å². The zero-order chi connectivity index (χ0) is 11.2. The molecule has 0 saturated carbocycles. The summed E-state index contributed by atoms with van der Waals surface area (Å²) in [6.07, 6.45) is 4.96. The first kappa shape index (κ1) is 10.4. The van der Waals surface area contributed by atoms with Crippen LogP contribution >= 0.6 is 0 Å². The maximum atomic E-state index is 5.27. The summed E-state index contributed by atoms with van der Waals surface area (Å²) in [5.74, 6) is 2.14. The lowest BCUT2D eigenvalue weighted by molar-refractivity contribution is 0.326. The Balaban J connectivity index is 1.96. The second-order valence-corrected chi connectivity index (χ2v) is 3.06. The van der Waals surface area contributed by atoms with E-state index >= 15 is 0 Å². The third-order valence-electron chi connectivity index (χ3n) is 1.93. The van der Waals surface area contributed by atoms with Crippen molar-refractivity contribution in [3.8, 4) is 5.88 Å². The van der Waals surface area contributed by atoms with E-state index in [1.54, 1.807) is 18.5 Å². The minimum Gasteiger partial charge on any atom is -0.478 e. The third kappa shape index (κ3) is 2.69. The predicted octanol–water partition coefficient (Wildman–Crippen LogP) is 1.21. The number of imidazole rings is 1. The number of rotatable bonds is 5. The van der Waals surface area contributed by atoms with Crippen LogP contribution in [0.4, 0.5) is 5.82 Å². The number of H-pyrrole nitrogens is 1. The van der Waals surface area contributed by atoms with Crippen LogP contribution in [0.25, 0.3) is 0 Å². The molecule has 0 aliphatic heterocycles. The van der Waals surface area contributed by atoms with Gasteiger partial charge >= 0.3 is 0 Å². The lowest BCUT2D eigenvalue weighted by atomic mass is 10.5. The molecule has 16 heavy (non-hydrogen) atoms. The molecule has 0 atom stereocenters. The molecule has 0 radical (unpaired) electrons. The van der Waals surface area contributed by atoms with Crippen molar-refractivity contribution in [3.63, 3.8) is 0 Å². The van der Waals surface area contributed by atoms with E-state index < -0.39 is 0 Å². The Bertz CT molecular complexity index is 429. The SMILES string of the molecule is CCOc1cc(NCc2ncc[nH]2)ncn1. The second-order valence-electron chi connectivity index (χ2n) is 3.06. The molecule has 0 aromatic carbocycles. The molecular formula is C10H13N5O. The molecule has 0 aliphatic rings. The molecule has 0 spiro atoms. The van der Waals surface area contributed by atoms with Gasteiger partial charge in [-0.2, -0.15) is 0 Å². The van der Waals surface area contributed by atoms with Gasteiger partial charge in [-0.3, -0.25) is 0 Å². The van der Waals surface area contributed by atoms with Crippen LogP contribution in [0.5, 0.6) is 5.88 Å². The van der Waals surface area contributed by atoms with Gasteiger partial charge in [0.15, 0.2) is 0 Å². The van der Waals surface area contributed by atoms with E-state index in [0.717, 1.165) is 11.6 Å². The molecule has 2 N–H and O–H groups in total. The van der Waals surface area contributed by atoms with Gasteiger partial charge < -0.3 is 15.0 Å². The largest absolute Gasteiger partial charge is 0.478 e. The van der Waals surface area contributed by atoms with E-state index in [1.807, 2.05) is 6.92 Å². The highest BCUT2D eigenvalue weighted by molar-refractivity contribution is 5.37. The first-order chi connectivity index (χ1) is 7.88. The molecule has 2 aromatic heterocycles. The van der Waals surface area contributed by atoms with Crippen LogP contribution in [0.3, 0.4) is 0 Å². The van der Waals surface area contributed by atoms with Gasteiger partial charge in [0, 0.05) is 18.5 Å². The maximum Gasteiger partial charge on any atom is 0.218 e. The fourth-order valence-corrected chi connectivity index (χ4v) is 1.23. The number of aromatic amines is 1. The quantitative estimate of drug-likeness (QED) is 0.790. The van der Waals surface area contributed by atoms with Gasteiger partial charge in [0.1, 0.15) is 18.0 Å². The molecule has 6 nitrogen and oxygen atoms in total. The Kier molecular flexibility index (Phi) is 3.32. The molecule has 0 amide bonds. The maximum absolute atomic E-state index is 5.27. The first-order valence-corrected chi connectivity index (χ1v) is 5.05. The van der Waals surface area contributed by atoms with Crippen molar-refractivity contribution in [1.82, 2.24) is 19.9 Å². The Hall–Kier alpha value is -2.11. The van der Waals surface area contributed by atoms with Gasteiger partial charge in [0.25, 0.3) is 0 Å². The molecule has 2 aromatic rings. The monoisotopic (exact) mass is 219 g/mol. The van der Waals surface area contributed by atoms with Gasteiger partial charge in [-0.1, -0.05) is 0 Å². The summed E-state index contributed by atoms with van der Waals surface area (Å²) in [7, 11) is 0. The minimum absolute atomic E-state index is 0.569. The highest BCUT2D eigenvalue weighted by atomic mass is 16.5. The number of nitrogens with one attached hydrogen (secondary N) is 2. The van der Waals surface area contributed by atoms with Gasteiger partial charge in [-0.05, 0) is 6.92 Å². The molecular weight excluding hydrogens is 206 g/mol. The Morgan fingerprint density at radius 3 is 3.06 bits per heavy atom. The van der Waals surface area contributed by atoms with Gasteiger partial charge in [-0.25, -0.2) is 15.0 Å². The van der Waals surface area contributed by atoms with E-state index in [2.05, 4.69) is 25.3 Å². The van der Waals surface area contributed by atoms with Crippen LogP contribution in [0.1, 0.15) is 12.7 Å². The summed E-state index contributed by atoms with van der Waals surface area (Å²) in [6, 6.07) is 1.76. The van der Waals surface area contributed by atoms with Crippen LogP contribution < -0.4 is 10.1 Å². The topological polar surface area (TPSA) is 75.7 Å². The minimum atomic E-state index is 0.569. The van der Waals surface area contributed by atoms with Crippen molar-refractivity contribution in [2.75, 3.05) is 11.9 Å². The number of anilines is 1. The van der Waals surface area contributed by atoms with E-state index in [1.165, 1.54) is 6.33 Å². The lowest BCUT2D eigenvalue weighted by Crippen LogP contribution is -2.04. The van der Waals surface area contributed by atoms with Crippen molar-refractivity contribution < 1.29 is 4.74 Å². The Labute approximate surface area is 93.1 Å². The van der Waals surface area contributed by atoms with Gasteiger partial charge in [0.2, 0.25) is 5.88 Å². The molecule has 84 valence electrons. The van der Waals surface area contributed by atoms with Crippen molar-refractivity contribution in [1.29, 1.82) is 0 Å². The summed E-state index contributed by atoms with van der Waals surface area (Å²) in [6.45, 7) is 3.10. The Morgan fingerprint density at radius 1 is 1.38 bits per heavy atom. The summed E-state index contributed by atoms with van der Waals surface area (Å²) in [5.41, 5.74) is 0. The highest BCUT2D eigenvalue weighted by Crippen LogP contribution is 2.11. The second kappa shape index (κ2) is 5.11. The summed E-state index contributed by atoms with van der Waals surface area (Å²) >= 11 is 0. The van der Waals surface area contributed by atoms with Crippen LogP contribution in [0.2, 0.25) is 0 Å². The number of ether oxygens (including phenoxy) is 1. The van der Waals surface area contributed by atoms with Crippen LogP contribution in [0.15, 0.2) is 24.8 Å². The normalized spacial score (nSPS) is 10.1. The molecule has 0 bridgehead atoms.